The molecule has 0 heterocycles. The third-order valence-corrected chi connectivity index (χ3v) is 2.47. The Morgan fingerprint density at radius 3 is 2.60 bits per heavy atom. The maximum absolute atomic E-state index is 11.4. The van der Waals surface area contributed by atoms with Gasteiger partial charge in [-0.15, -0.1) is 0 Å². The maximum Gasteiger partial charge on any atom is 0.407 e. The largest absolute Gasteiger partial charge is 0.444 e. The van der Waals surface area contributed by atoms with Crippen LogP contribution in [0, 0.1) is 0 Å². The number of hydrogen-bond acceptors (Lipinski definition) is 5. The number of alkyl carbamates (subject to hydrolysis) is 1. The SMILES string of the molecule is CC(C)(C)OC(=O)NCC(O)C(O)c1cccc(N)c1. The molecule has 5 N–H and O–H groups in total. The first-order valence-corrected chi connectivity index (χ1v) is 6.37. The number of carbonyl (C=O) groups is 1. The molecule has 0 saturated heterocycles. The molecule has 0 fully saturated rings. The molecule has 0 aliphatic heterocycles. The maximum atomic E-state index is 11.4. The van der Waals surface area contributed by atoms with Crippen LogP contribution in [-0.2, 0) is 4.74 Å². The molecule has 6 nitrogen and oxygen atoms in total. The van der Waals surface area contributed by atoms with Crippen LogP contribution < -0.4 is 11.1 Å². The van der Waals surface area contributed by atoms with Crippen LogP contribution in [0.15, 0.2) is 24.3 Å². The summed E-state index contributed by atoms with van der Waals surface area (Å²) in [5.74, 6) is 0. The number of benzene rings is 1. The Kier molecular flexibility index (Phi) is 5.35. The van der Waals surface area contributed by atoms with E-state index in [1.807, 2.05) is 0 Å². The van der Waals surface area contributed by atoms with E-state index < -0.39 is 23.9 Å². The minimum absolute atomic E-state index is 0.120. The van der Waals surface area contributed by atoms with Crippen molar-refractivity contribution in [1.29, 1.82) is 0 Å². The van der Waals surface area contributed by atoms with Gasteiger partial charge >= 0.3 is 6.09 Å². The molecule has 1 aromatic carbocycles. The molecule has 112 valence electrons. The minimum atomic E-state index is -1.15. The summed E-state index contributed by atoms with van der Waals surface area (Å²) < 4.78 is 5.03. The average Bonchev–Trinajstić information content (AvgIpc) is 2.33. The van der Waals surface area contributed by atoms with Crippen LogP contribution in [0.1, 0.15) is 32.4 Å². The first-order chi connectivity index (χ1) is 9.19. The lowest BCUT2D eigenvalue weighted by molar-refractivity contribution is 0.0129. The standard InChI is InChI=1S/C14H22N2O4/c1-14(2,3)20-13(19)16-8-11(17)12(18)9-5-4-6-10(15)7-9/h4-7,11-12,17-18H,8,15H2,1-3H3,(H,16,19). The zero-order valence-corrected chi connectivity index (χ0v) is 12.0. The Morgan fingerprint density at radius 2 is 2.05 bits per heavy atom. The van der Waals surface area contributed by atoms with Gasteiger partial charge in [0.2, 0.25) is 0 Å². The number of rotatable bonds is 4. The number of nitrogen functional groups attached to an aromatic ring is 1. The zero-order chi connectivity index (χ0) is 15.3. The molecule has 0 spiro atoms. The quantitative estimate of drug-likeness (QED) is 0.621. The molecule has 2 unspecified atom stereocenters. The van der Waals surface area contributed by atoms with Gasteiger partial charge in [-0.25, -0.2) is 4.79 Å². The number of hydrogen-bond donors (Lipinski definition) is 4. The van der Waals surface area contributed by atoms with Crippen LogP contribution in [0.25, 0.3) is 0 Å². The number of ether oxygens (including phenoxy) is 1. The van der Waals surface area contributed by atoms with Crippen LogP contribution >= 0.6 is 0 Å². The molecule has 1 rings (SSSR count). The van der Waals surface area contributed by atoms with E-state index >= 15 is 0 Å². The van der Waals surface area contributed by atoms with Crippen molar-refractivity contribution in [3.63, 3.8) is 0 Å². The van der Waals surface area contributed by atoms with E-state index in [0.29, 0.717) is 11.3 Å². The van der Waals surface area contributed by atoms with Crippen LogP contribution in [0.5, 0.6) is 0 Å². The van der Waals surface area contributed by atoms with Crippen molar-refractivity contribution >= 4 is 11.8 Å². The van der Waals surface area contributed by atoms with E-state index in [4.69, 9.17) is 10.5 Å². The Balaban J connectivity index is 2.50. The minimum Gasteiger partial charge on any atom is -0.444 e. The van der Waals surface area contributed by atoms with E-state index in [1.165, 1.54) is 0 Å². The molecule has 0 radical (unpaired) electrons. The van der Waals surface area contributed by atoms with Crippen LogP contribution in [0.3, 0.4) is 0 Å². The zero-order valence-electron chi connectivity index (χ0n) is 12.0. The van der Waals surface area contributed by atoms with Gasteiger partial charge in [-0.1, -0.05) is 12.1 Å². The highest BCUT2D eigenvalue weighted by Gasteiger charge is 2.21. The summed E-state index contributed by atoms with van der Waals surface area (Å²) in [4.78, 5) is 11.4. The Hall–Kier alpha value is -1.79. The molecule has 20 heavy (non-hydrogen) atoms. The molecule has 1 aromatic rings. The monoisotopic (exact) mass is 282 g/mol. The van der Waals surface area contributed by atoms with Crippen LogP contribution in [0.2, 0.25) is 0 Å². The van der Waals surface area contributed by atoms with Crippen molar-refractivity contribution in [2.45, 2.75) is 38.6 Å². The fourth-order valence-corrected chi connectivity index (χ4v) is 1.58. The first kappa shape index (κ1) is 16.3. The summed E-state index contributed by atoms with van der Waals surface area (Å²) in [5.41, 5.74) is 5.98. The molecule has 1 amide bonds. The summed E-state index contributed by atoms with van der Waals surface area (Å²) in [6.07, 6.45) is -2.92. The lowest BCUT2D eigenvalue weighted by atomic mass is 10.0. The fraction of sp³-hybridized carbons (Fsp3) is 0.500. The van der Waals surface area contributed by atoms with Gasteiger partial charge < -0.3 is 26.0 Å². The highest BCUT2D eigenvalue weighted by Crippen LogP contribution is 2.18. The number of amides is 1. The van der Waals surface area contributed by atoms with E-state index in [2.05, 4.69) is 5.32 Å². The molecular weight excluding hydrogens is 260 g/mol. The van der Waals surface area contributed by atoms with Gasteiger partial charge in [-0.2, -0.15) is 0 Å². The second-order valence-electron chi connectivity index (χ2n) is 5.57. The summed E-state index contributed by atoms with van der Waals surface area (Å²) in [7, 11) is 0. The topological polar surface area (TPSA) is 105 Å². The number of carbonyl (C=O) groups excluding carboxylic acids is 1. The molecule has 6 heteroatoms. The van der Waals surface area contributed by atoms with Crippen molar-refractivity contribution in [3.05, 3.63) is 29.8 Å². The van der Waals surface area contributed by atoms with E-state index in [-0.39, 0.29) is 6.54 Å². The van der Waals surface area contributed by atoms with Gasteiger partial charge in [-0.05, 0) is 38.5 Å². The smallest absolute Gasteiger partial charge is 0.407 e. The van der Waals surface area contributed by atoms with Crippen LogP contribution in [-0.4, -0.2) is 34.6 Å². The van der Waals surface area contributed by atoms with Crippen LogP contribution in [0.4, 0.5) is 10.5 Å². The van der Waals surface area contributed by atoms with E-state index in [9.17, 15) is 15.0 Å². The van der Waals surface area contributed by atoms with Gasteiger partial charge in [0.15, 0.2) is 0 Å². The van der Waals surface area contributed by atoms with Gasteiger partial charge in [0, 0.05) is 12.2 Å². The first-order valence-electron chi connectivity index (χ1n) is 6.37. The third-order valence-electron chi connectivity index (χ3n) is 2.47. The predicted molar refractivity (Wildman–Crippen MR) is 76.1 cm³/mol. The Bertz CT molecular complexity index is 457. The Labute approximate surface area is 118 Å². The second-order valence-corrected chi connectivity index (χ2v) is 5.57. The van der Waals surface area contributed by atoms with E-state index in [1.54, 1.807) is 45.0 Å². The van der Waals surface area contributed by atoms with Crippen molar-refractivity contribution in [2.24, 2.45) is 0 Å². The number of nitrogens with one attached hydrogen (secondary N) is 1. The second kappa shape index (κ2) is 6.58. The molecule has 0 aliphatic carbocycles. The fourth-order valence-electron chi connectivity index (χ4n) is 1.58. The van der Waals surface area contributed by atoms with Gasteiger partial charge in [0.05, 0.1) is 0 Å². The third kappa shape index (κ3) is 5.46. The molecule has 0 aliphatic rings. The van der Waals surface area contributed by atoms with Gasteiger partial charge in [0.25, 0.3) is 0 Å². The van der Waals surface area contributed by atoms with E-state index in [0.717, 1.165) is 0 Å². The highest BCUT2D eigenvalue weighted by molar-refractivity contribution is 5.67. The summed E-state index contributed by atoms with van der Waals surface area (Å²) in [6, 6.07) is 6.59. The normalized spacial score (nSPS) is 14.4. The molecule has 0 aromatic heterocycles. The summed E-state index contributed by atoms with van der Waals surface area (Å²) in [5, 5.41) is 22.2. The predicted octanol–water partition coefficient (Wildman–Crippen LogP) is 1.19. The molecule has 2 atom stereocenters. The number of aliphatic hydroxyl groups is 2. The molecular formula is C14H22N2O4. The number of nitrogens with two attached hydrogens (primary N) is 1. The Morgan fingerprint density at radius 1 is 1.40 bits per heavy atom. The van der Waals surface area contributed by atoms with Crippen molar-refractivity contribution in [1.82, 2.24) is 5.32 Å². The number of aliphatic hydroxyl groups excluding tert-OH is 2. The lowest BCUT2D eigenvalue weighted by Crippen LogP contribution is -2.38. The number of anilines is 1. The summed E-state index contributed by atoms with van der Waals surface area (Å²) >= 11 is 0. The summed E-state index contributed by atoms with van der Waals surface area (Å²) in [6.45, 7) is 5.10. The van der Waals surface area contributed by atoms with Crippen molar-refractivity contribution < 1.29 is 19.7 Å². The highest BCUT2D eigenvalue weighted by atomic mass is 16.6. The average molecular weight is 282 g/mol. The lowest BCUT2D eigenvalue weighted by Gasteiger charge is -2.22. The van der Waals surface area contributed by atoms with Gasteiger partial charge in [0.1, 0.15) is 17.8 Å². The van der Waals surface area contributed by atoms with Gasteiger partial charge in [-0.3, -0.25) is 0 Å². The molecule has 0 saturated carbocycles. The molecule has 0 bridgehead atoms. The van der Waals surface area contributed by atoms with Crippen molar-refractivity contribution in [3.8, 4) is 0 Å². The van der Waals surface area contributed by atoms with Crippen molar-refractivity contribution in [2.75, 3.05) is 12.3 Å².